The minimum absolute atomic E-state index is 0.397. The number of nitrogens with zero attached hydrogens (tertiary/aromatic N) is 3. The monoisotopic (exact) mass is 389 g/mol. The van der Waals surface area contributed by atoms with Gasteiger partial charge in [-0.15, -0.1) is 0 Å². The summed E-state index contributed by atoms with van der Waals surface area (Å²) in [6.07, 6.45) is 10.2. The van der Waals surface area contributed by atoms with E-state index >= 15 is 0 Å². The van der Waals surface area contributed by atoms with Crippen molar-refractivity contribution in [2.24, 2.45) is 0 Å². The van der Waals surface area contributed by atoms with Crippen LogP contribution in [0.2, 0.25) is 0 Å². The molecule has 3 rings (SSSR count). The van der Waals surface area contributed by atoms with Crippen LogP contribution in [-0.4, -0.2) is 55.3 Å². The molecular weight excluding hydrogens is 358 g/mol. The molecule has 148 valence electrons. The number of hydrogen-bond donors (Lipinski definition) is 0. The Hall–Kier alpha value is -1.50. The first-order valence-corrected chi connectivity index (χ1v) is 11.5. The number of piperidine rings is 1. The molecule has 5 nitrogen and oxygen atoms in total. The van der Waals surface area contributed by atoms with E-state index in [0.717, 1.165) is 30.2 Å². The van der Waals surface area contributed by atoms with Crippen molar-refractivity contribution in [2.75, 3.05) is 26.7 Å². The summed E-state index contributed by atoms with van der Waals surface area (Å²) in [5.74, 6) is 0. The molecule has 0 radical (unpaired) electrons. The first kappa shape index (κ1) is 20.2. The van der Waals surface area contributed by atoms with E-state index in [0.29, 0.717) is 24.0 Å². The summed E-state index contributed by atoms with van der Waals surface area (Å²) in [4.78, 5) is 6.92. The molecular formula is C21H31N3O2S. The highest BCUT2D eigenvalue weighted by molar-refractivity contribution is 7.89. The predicted octanol–water partition coefficient (Wildman–Crippen LogP) is 3.90. The molecule has 0 saturated carbocycles. The number of benzene rings is 1. The van der Waals surface area contributed by atoms with E-state index < -0.39 is 10.0 Å². The average molecular weight is 390 g/mol. The molecule has 1 aliphatic heterocycles. The van der Waals surface area contributed by atoms with Gasteiger partial charge in [0.15, 0.2) is 0 Å². The molecule has 0 spiro atoms. The van der Waals surface area contributed by atoms with Crippen LogP contribution in [0.15, 0.2) is 41.6 Å². The molecule has 1 saturated heterocycles. The van der Waals surface area contributed by atoms with Gasteiger partial charge in [-0.25, -0.2) is 8.42 Å². The zero-order chi connectivity index (χ0) is 19.3. The summed E-state index contributed by atoms with van der Waals surface area (Å²) >= 11 is 0. The third-order valence-electron chi connectivity index (χ3n) is 5.67. The van der Waals surface area contributed by atoms with E-state index in [-0.39, 0.29) is 0 Å². The highest BCUT2D eigenvalue weighted by Gasteiger charge is 2.31. The van der Waals surface area contributed by atoms with Crippen LogP contribution in [0.3, 0.4) is 0 Å². The van der Waals surface area contributed by atoms with Gasteiger partial charge in [-0.05, 0) is 45.0 Å². The van der Waals surface area contributed by atoms with Gasteiger partial charge in [0, 0.05) is 42.3 Å². The number of unbranched alkanes of at least 4 members (excludes halogenated alkanes) is 3. The van der Waals surface area contributed by atoms with E-state index in [1.807, 2.05) is 6.07 Å². The maximum Gasteiger partial charge on any atom is 0.243 e. The van der Waals surface area contributed by atoms with Crippen LogP contribution in [0.1, 0.15) is 45.4 Å². The number of pyridine rings is 1. The second-order valence-corrected chi connectivity index (χ2v) is 9.44. The Bertz CT molecular complexity index is 840. The number of sulfonamides is 1. The van der Waals surface area contributed by atoms with Crippen molar-refractivity contribution >= 4 is 20.8 Å². The van der Waals surface area contributed by atoms with Crippen molar-refractivity contribution in [3.8, 4) is 0 Å². The largest absolute Gasteiger partial charge is 0.303 e. The van der Waals surface area contributed by atoms with Crippen LogP contribution in [-0.2, 0) is 10.0 Å². The quantitative estimate of drug-likeness (QED) is 0.643. The topological polar surface area (TPSA) is 53.5 Å². The maximum absolute atomic E-state index is 13.2. The lowest BCUT2D eigenvalue weighted by atomic mass is 10.0. The van der Waals surface area contributed by atoms with Gasteiger partial charge >= 0.3 is 0 Å². The van der Waals surface area contributed by atoms with Gasteiger partial charge in [0.1, 0.15) is 0 Å². The van der Waals surface area contributed by atoms with E-state index in [1.54, 1.807) is 34.9 Å². The van der Waals surface area contributed by atoms with Crippen LogP contribution in [0.25, 0.3) is 10.8 Å². The van der Waals surface area contributed by atoms with Gasteiger partial charge in [0.25, 0.3) is 0 Å². The van der Waals surface area contributed by atoms with Gasteiger partial charge in [-0.2, -0.15) is 4.31 Å². The van der Waals surface area contributed by atoms with E-state index in [9.17, 15) is 8.42 Å². The molecule has 27 heavy (non-hydrogen) atoms. The van der Waals surface area contributed by atoms with Crippen LogP contribution in [0.5, 0.6) is 0 Å². The molecule has 1 fully saturated rings. The SMILES string of the molecule is CCCCCCN(C)C1CCN(S(=O)(=O)c2cccc3cnccc23)CC1. The fourth-order valence-electron chi connectivity index (χ4n) is 3.95. The fourth-order valence-corrected chi connectivity index (χ4v) is 5.63. The summed E-state index contributed by atoms with van der Waals surface area (Å²) in [5, 5.41) is 1.61. The third-order valence-corrected chi connectivity index (χ3v) is 7.63. The summed E-state index contributed by atoms with van der Waals surface area (Å²) in [5.41, 5.74) is 0. The molecule has 2 heterocycles. The minimum Gasteiger partial charge on any atom is -0.303 e. The Morgan fingerprint density at radius 2 is 1.93 bits per heavy atom. The molecule has 1 aromatic carbocycles. The first-order valence-electron chi connectivity index (χ1n) is 10.1. The van der Waals surface area contributed by atoms with E-state index in [2.05, 4.69) is 23.9 Å². The van der Waals surface area contributed by atoms with E-state index in [4.69, 9.17) is 0 Å². The van der Waals surface area contributed by atoms with Crippen molar-refractivity contribution in [1.29, 1.82) is 0 Å². The van der Waals surface area contributed by atoms with Crippen molar-refractivity contribution in [3.05, 3.63) is 36.7 Å². The number of rotatable bonds is 8. The third kappa shape index (κ3) is 4.68. The van der Waals surface area contributed by atoms with Crippen LogP contribution < -0.4 is 0 Å². The summed E-state index contributed by atoms with van der Waals surface area (Å²) in [7, 11) is -1.30. The number of aromatic nitrogens is 1. The lowest BCUT2D eigenvalue weighted by Crippen LogP contribution is -2.45. The molecule has 0 amide bonds. The normalized spacial score (nSPS) is 17.0. The van der Waals surface area contributed by atoms with Gasteiger partial charge in [-0.1, -0.05) is 38.3 Å². The van der Waals surface area contributed by atoms with Crippen LogP contribution >= 0.6 is 0 Å². The molecule has 2 aromatic rings. The molecule has 0 bridgehead atoms. The molecule has 0 N–H and O–H groups in total. The summed E-state index contributed by atoms with van der Waals surface area (Å²) < 4.78 is 28.1. The lowest BCUT2D eigenvalue weighted by molar-refractivity contribution is 0.166. The van der Waals surface area contributed by atoms with E-state index in [1.165, 1.54) is 25.7 Å². The van der Waals surface area contributed by atoms with Gasteiger partial charge in [-0.3, -0.25) is 4.98 Å². The first-order chi connectivity index (χ1) is 13.0. The van der Waals surface area contributed by atoms with Crippen molar-refractivity contribution < 1.29 is 8.42 Å². The molecule has 0 unspecified atom stereocenters. The Kier molecular flexibility index (Phi) is 6.84. The average Bonchev–Trinajstić information content (AvgIpc) is 2.70. The number of hydrogen-bond acceptors (Lipinski definition) is 4. The summed E-state index contributed by atoms with van der Waals surface area (Å²) in [6, 6.07) is 7.69. The Morgan fingerprint density at radius 3 is 2.67 bits per heavy atom. The highest BCUT2D eigenvalue weighted by Crippen LogP contribution is 2.28. The van der Waals surface area contributed by atoms with Gasteiger partial charge in [0.05, 0.1) is 4.90 Å². The molecule has 0 atom stereocenters. The standard InChI is InChI=1S/C21H31N3O2S/c1-3-4-5-6-14-23(2)19-11-15-24(16-12-19)27(25,26)21-9-7-8-18-17-22-13-10-20(18)21/h7-10,13,17,19H,3-6,11-12,14-16H2,1-2H3. The van der Waals surface area contributed by atoms with Gasteiger partial charge in [0.2, 0.25) is 10.0 Å². The Labute approximate surface area is 163 Å². The molecule has 1 aliphatic rings. The molecule has 0 aliphatic carbocycles. The van der Waals surface area contributed by atoms with Crippen molar-refractivity contribution in [2.45, 2.75) is 56.4 Å². The second kappa shape index (κ2) is 9.13. The molecule has 1 aromatic heterocycles. The lowest BCUT2D eigenvalue weighted by Gasteiger charge is -2.36. The smallest absolute Gasteiger partial charge is 0.243 e. The Morgan fingerprint density at radius 1 is 1.15 bits per heavy atom. The van der Waals surface area contributed by atoms with Crippen LogP contribution in [0, 0.1) is 0 Å². The zero-order valence-electron chi connectivity index (χ0n) is 16.5. The minimum atomic E-state index is -3.48. The highest BCUT2D eigenvalue weighted by atomic mass is 32.2. The predicted molar refractivity (Wildman–Crippen MR) is 110 cm³/mol. The van der Waals surface area contributed by atoms with Crippen molar-refractivity contribution in [1.82, 2.24) is 14.2 Å². The van der Waals surface area contributed by atoms with Crippen molar-refractivity contribution in [3.63, 3.8) is 0 Å². The van der Waals surface area contributed by atoms with Crippen LogP contribution in [0.4, 0.5) is 0 Å². The zero-order valence-corrected chi connectivity index (χ0v) is 17.3. The van der Waals surface area contributed by atoms with Gasteiger partial charge < -0.3 is 4.90 Å². The summed E-state index contributed by atoms with van der Waals surface area (Å²) in [6.45, 7) is 4.52. The second-order valence-electron chi connectivity index (χ2n) is 7.53. The maximum atomic E-state index is 13.2. The number of fused-ring (bicyclic) bond motifs is 1. The molecule has 6 heteroatoms. The Balaban J connectivity index is 1.65. The fraction of sp³-hybridized carbons (Fsp3) is 0.571.